The molecule has 2 aromatic carbocycles. The third-order valence-electron chi connectivity index (χ3n) is 3.72. The summed E-state index contributed by atoms with van der Waals surface area (Å²) in [5.74, 6) is 0.0255. The summed E-state index contributed by atoms with van der Waals surface area (Å²) >= 11 is 6.14. The number of hydrogen-bond acceptors (Lipinski definition) is 2. The van der Waals surface area contributed by atoms with Crippen molar-refractivity contribution < 1.29 is 9.59 Å². The van der Waals surface area contributed by atoms with E-state index in [0.29, 0.717) is 28.7 Å². The molecule has 2 rings (SSSR count). The van der Waals surface area contributed by atoms with E-state index in [1.165, 1.54) is 6.08 Å². The van der Waals surface area contributed by atoms with E-state index in [9.17, 15) is 9.59 Å². The predicted octanol–water partition coefficient (Wildman–Crippen LogP) is 4.77. The lowest BCUT2D eigenvalue weighted by atomic mass is 10.1. The molecule has 2 aromatic rings. The lowest BCUT2D eigenvalue weighted by Crippen LogP contribution is -2.25. The predicted molar refractivity (Wildman–Crippen MR) is 107 cm³/mol. The summed E-state index contributed by atoms with van der Waals surface area (Å²) in [5.41, 5.74) is 1.79. The minimum atomic E-state index is -0.312. The van der Waals surface area contributed by atoms with E-state index < -0.39 is 0 Å². The average Bonchev–Trinajstić information content (AvgIpc) is 2.62. The molecule has 136 valence electrons. The topological polar surface area (TPSA) is 58.2 Å². The fourth-order valence-electron chi connectivity index (χ4n) is 2.25. The van der Waals surface area contributed by atoms with Gasteiger partial charge in [-0.15, -0.1) is 0 Å². The molecule has 2 N–H and O–H groups in total. The summed E-state index contributed by atoms with van der Waals surface area (Å²) in [4.78, 5) is 24.3. The fraction of sp³-hybridized carbons (Fsp3) is 0.238. The van der Waals surface area contributed by atoms with Gasteiger partial charge < -0.3 is 10.6 Å². The summed E-state index contributed by atoms with van der Waals surface area (Å²) in [5, 5.41) is 5.96. The number of nitrogens with one attached hydrogen (secondary N) is 2. The van der Waals surface area contributed by atoms with Gasteiger partial charge in [-0.3, -0.25) is 9.59 Å². The molecule has 0 aliphatic heterocycles. The van der Waals surface area contributed by atoms with Crippen LogP contribution in [0.3, 0.4) is 0 Å². The van der Waals surface area contributed by atoms with Crippen LogP contribution in [-0.2, 0) is 4.79 Å². The Morgan fingerprint density at radius 2 is 1.85 bits per heavy atom. The van der Waals surface area contributed by atoms with Crippen LogP contribution in [0.1, 0.15) is 36.2 Å². The van der Waals surface area contributed by atoms with Crippen molar-refractivity contribution in [2.75, 3.05) is 11.9 Å². The second kappa shape index (κ2) is 9.78. The van der Waals surface area contributed by atoms with Crippen LogP contribution in [-0.4, -0.2) is 18.4 Å². The Balaban J connectivity index is 2.01. The van der Waals surface area contributed by atoms with Crippen LogP contribution in [0.25, 0.3) is 6.08 Å². The molecule has 0 saturated heterocycles. The normalized spacial score (nSPS) is 10.9. The highest BCUT2D eigenvalue weighted by Gasteiger charge is 2.10. The van der Waals surface area contributed by atoms with Crippen LogP contribution < -0.4 is 10.6 Å². The van der Waals surface area contributed by atoms with Crippen LogP contribution >= 0.6 is 11.6 Å². The molecule has 2 amide bonds. The largest absolute Gasteiger partial charge is 0.352 e. The van der Waals surface area contributed by atoms with Gasteiger partial charge >= 0.3 is 0 Å². The molecule has 26 heavy (non-hydrogen) atoms. The lowest BCUT2D eigenvalue weighted by Gasteiger charge is -2.10. The number of benzene rings is 2. The van der Waals surface area contributed by atoms with E-state index in [0.717, 1.165) is 12.0 Å². The highest BCUT2D eigenvalue weighted by Crippen LogP contribution is 2.23. The second-order valence-corrected chi connectivity index (χ2v) is 6.77. The van der Waals surface area contributed by atoms with Crippen molar-refractivity contribution in [1.29, 1.82) is 0 Å². The molecule has 0 aromatic heterocycles. The monoisotopic (exact) mass is 370 g/mol. The number of halogens is 1. The number of amides is 2. The summed E-state index contributed by atoms with van der Waals surface area (Å²) in [7, 11) is 0. The first-order valence-electron chi connectivity index (χ1n) is 8.57. The molecule has 0 aliphatic rings. The third-order valence-corrected chi connectivity index (χ3v) is 4.05. The van der Waals surface area contributed by atoms with Gasteiger partial charge in [0, 0.05) is 18.2 Å². The Morgan fingerprint density at radius 1 is 1.12 bits per heavy atom. The molecule has 4 nitrogen and oxygen atoms in total. The van der Waals surface area contributed by atoms with Gasteiger partial charge in [-0.1, -0.05) is 55.8 Å². The molecule has 0 saturated carbocycles. The van der Waals surface area contributed by atoms with Crippen molar-refractivity contribution in [2.24, 2.45) is 5.92 Å². The Hall–Kier alpha value is -2.59. The Kier molecular flexibility index (Phi) is 7.42. The van der Waals surface area contributed by atoms with E-state index in [1.807, 2.05) is 30.3 Å². The van der Waals surface area contributed by atoms with Crippen LogP contribution in [0.2, 0.25) is 5.02 Å². The number of rotatable bonds is 7. The second-order valence-electron chi connectivity index (χ2n) is 6.37. The van der Waals surface area contributed by atoms with Crippen LogP contribution in [0.5, 0.6) is 0 Å². The highest BCUT2D eigenvalue weighted by molar-refractivity contribution is 6.34. The summed E-state index contributed by atoms with van der Waals surface area (Å²) < 4.78 is 0. The first-order valence-corrected chi connectivity index (χ1v) is 8.95. The molecule has 0 bridgehead atoms. The highest BCUT2D eigenvalue weighted by atomic mass is 35.5. The maximum atomic E-state index is 12.2. The fourth-order valence-corrected chi connectivity index (χ4v) is 2.41. The lowest BCUT2D eigenvalue weighted by molar-refractivity contribution is -0.111. The van der Waals surface area contributed by atoms with Crippen molar-refractivity contribution in [1.82, 2.24) is 5.32 Å². The molecule has 0 atom stereocenters. The van der Waals surface area contributed by atoms with Gasteiger partial charge in [0.05, 0.1) is 10.7 Å². The minimum absolute atomic E-state index is 0.183. The smallest absolute Gasteiger partial charge is 0.251 e. The Bertz CT molecular complexity index is 786. The van der Waals surface area contributed by atoms with Gasteiger partial charge in [-0.05, 0) is 42.2 Å². The summed E-state index contributed by atoms with van der Waals surface area (Å²) in [6.07, 6.45) is 4.06. The molecule has 0 radical (unpaired) electrons. The van der Waals surface area contributed by atoms with Crippen molar-refractivity contribution in [2.45, 2.75) is 20.3 Å². The van der Waals surface area contributed by atoms with Crippen molar-refractivity contribution in [3.8, 4) is 0 Å². The Morgan fingerprint density at radius 3 is 2.54 bits per heavy atom. The molecule has 5 heteroatoms. The van der Waals surface area contributed by atoms with Gasteiger partial charge in [-0.2, -0.15) is 0 Å². The Labute approximate surface area is 159 Å². The molecule has 0 fully saturated rings. The van der Waals surface area contributed by atoms with E-state index in [1.54, 1.807) is 24.3 Å². The maximum absolute atomic E-state index is 12.2. The molecule has 0 heterocycles. The van der Waals surface area contributed by atoms with Gasteiger partial charge in [0.15, 0.2) is 0 Å². The summed E-state index contributed by atoms with van der Waals surface area (Å²) in [6, 6.07) is 14.3. The quantitative estimate of drug-likeness (QED) is 0.690. The summed E-state index contributed by atoms with van der Waals surface area (Å²) in [6.45, 7) is 4.82. The van der Waals surface area contributed by atoms with Gasteiger partial charge in [-0.25, -0.2) is 0 Å². The minimum Gasteiger partial charge on any atom is -0.352 e. The van der Waals surface area contributed by atoms with Crippen LogP contribution in [0, 0.1) is 5.92 Å². The third kappa shape index (κ3) is 6.37. The van der Waals surface area contributed by atoms with Crippen LogP contribution in [0.4, 0.5) is 5.69 Å². The van der Waals surface area contributed by atoms with Crippen molar-refractivity contribution in [3.63, 3.8) is 0 Å². The number of carbonyl (C=O) groups excluding carboxylic acids is 2. The van der Waals surface area contributed by atoms with Crippen molar-refractivity contribution >= 4 is 35.2 Å². The molecule has 0 aliphatic carbocycles. The van der Waals surface area contributed by atoms with E-state index >= 15 is 0 Å². The van der Waals surface area contributed by atoms with E-state index in [4.69, 9.17) is 11.6 Å². The first-order chi connectivity index (χ1) is 12.5. The van der Waals surface area contributed by atoms with E-state index in [2.05, 4.69) is 24.5 Å². The zero-order valence-corrected chi connectivity index (χ0v) is 15.7. The number of anilines is 1. The zero-order chi connectivity index (χ0) is 18.9. The zero-order valence-electron chi connectivity index (χ0n) is 15.0. The standard InChI is InChI=1S/C21H23ClN2O2/c1-15(2)12-13-23-21(26)17-9-10-18(22)19(14-17)24-20(25)11-8-16-6-4-3-5-7-16/h3-11,14-15H,12-13H2,1-2H3,(H,23,26)(H,24,25)/b11-8+. The average molecular weight is 371 g/mol. The molecular weight excluding hydrogens is 348 g/mol. The number of carbonyl (C=O) groups is 2. The molecule has 0 spiro atoms. The van der Waals surface area contributed by atoms with Gasteiger partial charge in [0.2, 0.25) is 5.91 Å². The SMILES string of the molecule is CC(C)CCNC(=O)c1ccc(Cl)c(NC(=O)/C=C/c2ccccc2)c1. The van der Waals surface area contributed by atoms with Crippen molar-refractivity contribution in [3.05, 3.63) is 70.8 Å². The first kappa shape index (κ1) is 19.7. The maximum Gasteiger partial charge on any atom is 0.251 e. The molecular formula is C21H23ClN2O2. The number of hydrogen-bond donors (Lipinski definition) is 2. The van der Waals surface area contributed by atoms with Crippen LogP contribution in [0.15, 0.2) is 54.6 Å². The molecule has 0 unspecified atom stereocenters. The van der Waals surface area contributed by atoms with Gasteiger partial charge in [0.25, 0.3) is 5.91 Å². The van der Waals surface area contributed by atoms with E-state index in [-0.39, 0.29) is 11.8 Å². The van der Waals surface area contributed by atoms with Gasteiger partial charge in [0.1, 0.15) is 0 Å².